The van der Waals surface area contributed by atoms with Crippen LogP contribution >= 0.6 is 0 Å². The summed E-state index contributed by atoms with van der Waals surface area (Å²) >= 11 is 0. The summed E-state index contributed by atoms with van der Waals surface area (Å²) in [7, 11) is 0. The van der Waals surface area contributed by atoms with Gasteiger partial charge in [-0.1, -0.05) is 4.98 Å². The minimum Gasteiger partial charge on any atom is -0.392 e. The molecule has 9 nitrogen and oxygen atoms in total. The number of nitrogens with zero attached hydrogens (tertiary/aromatic N) is 4. The van der Waals surface area contributed by atoms with E-state index < -0.39 is 29.0 Å². The highest BCUT2D eigenvalue weighted by Gasteiger charge is 2.22. The molecule has 0 aliphatic rings. The molecule has 1 rings (SSSR count). The molecule has 1 aromatic heterocycles. The Kier molecular flexibility index (Phi) is 5.59. The molecule has 0 radical (unpaired) electrons. The van der Waals surface area contributed by atoms with Gasteiger partial charge in [-0.2, -0.15) is 0 Å². The molecule has 1 aromatic rings. The molecule has 0 saturated heterocycles. The first-order valence-electron chi connectivity index (χ1n) is 6.10. The second-order valence-corrected chi connectivity index (χ2v) is 4.61. The maximum absolute atomic E-state index is 12.1. The fraction of sp³-hybridized carbons (Fsp3) is 0.636. The lowest BCUT2D eigenvalue weighted by Gasteiger charge is -2.24. The van der Waals surface area contributed by atoms with E-state index in [0.29, 0.717) is 0 Å². The van der Waals surface area contributed by atoms with Gasteiger partial charge >= 0.3 is 5.95 Å². The van der Waals surface area contributed by atoms with Crippen LogP contribution in [0.2, 0.25) is 0 Å². The Bertz CT molecular complexity index is 461. The molecule has 0 spiro atoms. The monoisotopic (exact) mass is 286 g/mol. The van der Waals surface area contributed by atoms with Crippen molar-refractivity contribution in [1.29, 1.82) is 0 Å². The minimum absolute atomic E-state index is 0.0478. The van der Waals surface area contributed by atoms with Gasteiger partial charge in [-0.3, -0.25) is 4.79 Å². The number of aliphatic hydroxyl groups is 2. The van der Waals surface area contributed by atoms with Crippen molar-refractivity contribution in [3.8, 4) is 0 Å². The number of hydrogen-bond acceptors (Lipinski definition) is 6. The molecule has 2 atom stereocenters. The van der Waals surface area contributed by atoms with Crippen molar-refractivity contribution in [3.63, 3.8) is 0 Å². The zero-order valence-corrected chi connectivity index (χ0v) is 11.3. The van der Waals surface area contributed by atoms with Crippen LogP contribution in [0.1, 0.15) is 13.8 Å². The maximum atomic E-state index is 12.1. The van der Waals surface area contributed by atoms with Gasteiger partial charge in [0.15, 0.2) is 6.54 Å². The number of amides is 1. The highest BCUT2D eigenvalue weighted by molar-refractivity contribution is 5.76. The van der Waals surface area contributed by atoms with Crippen LogP contribution in [0.5, 0.6) is 0 Å². The van der Waals surface area contributed by atoms with E-state index in [1.807, 2.05) is 0 Å². The number of carbonyl (C=O) groups excluding carboxylic acids is 1. The predicted molar refractivity (Wildman–Crippen MR) is 68.8 cm³/mol. The van der Waals surface area contributed by atoms with Crippen LogP contribution in [-0.2, 0) is 11.3 Å². The average Bonchev–Trinajstić information content (AvgIpc) is 2.74. The molecule has 2 unspecified atom stereocenters. The number of carbonyl (C=O) groups is 1. The number of rotatable bonds is 7. The summed E-state index contributed by atoms with van der Waals surface area (Å²) in [5, 5.41) is 29.4. The first kappa shape index (κ1) is 16.1. The second kappa shape index (κ2) is 6.96. The van der Waals surface area contributed by atoms with Crippen LogP contribution in [0.3, 0.4) is 0 Å². The molecule has 112 valence electrons. The second-order valence-electron chi connectivity index (χ2n) is 4.61. The quantitative estimate of drug-likeness (QED) is 0.509. The zero-order valence-electron chi connectivity index (χ0n) is 11.3. The standard InChI is InChI=1S/C11H18N4O5/c1-8(16)5-14(6-9(2)17)10(18)7-13-4-3-12-11(13)15(19)20/h3-4,8-9,16-17H,5-7H2,1-2H3. The van der Waals surface area contributed by atoms with E-state index in [0.717, 1.165) is 4.57 Å². The Morgan fingerprint density at radius 1 is 1.45 bits per heavy atom. The van der Waals surface area contributed by atoms with E-state index in [9.17, 15) is 25.1 Å². The summed E-state index contributed by atoms with van der Waals surface area (Å²) in [6.07, 6.45) is 1.06. The minimum atomic E-state index is -0.754. The molecule has 0 aliphatic heterocycles. The van der Waals surface area contributed by atoms with Gasteiger partial charge in [0.25, 0.3) is 5.91 Å². The van der Waals surface area contributed by atoms with Crippen LogP contribution in [0.25, 0.3) is 0 Å². The van der Waals surface area contributed by atoms with E-state index in [4.69, 9.17) is 0 Å². The van der Waals surface area contributed by atoms with Gasteiger partial charge in [-0.15, -0.1) is 0 Å². The molecule has 1 amide bonds. The van der Waals surface area contributed by atoms with E-state index in [1.165, 1.54) is 31.1 Å². The van der Waals surface area contributed by atoms with Gasteiger partial charge in [0.05, 0.1) is 12.2 Å². The van der Waals surface area contributed by atoms with Crippen molar-refractivity contribution in [2.45, 2.75) is 32.6 Å². The lowest BCUT2D eigenvalue weighted by Crippen LogP contribution is -2.42. The van der Waals surface area contributed by atoms with Crippen LogP contribution in [-0.4, -0.2) is 60.8 Å². The Morgan fingerprint density at radius 3 is 2.45 bits per heavy atom. The van der Waals surface area contributed by atoms with Crippen molar-refractivity contribution >= 4 is 11.9 Å². The van der Waals surface area contributed by atoms with Gasteiger partial charge in [-0.25, -0.2) is 4.57 Å². The van der Waals surface area contributed by atoms with Gasteiger partial charge < -0.3 is 25.2 Å². The third kappa shape index (κ3) is 4.59. The number of imidazole rings is 1. The molecule has 20 heavy (non-hydrogen) atoms. The van der Waals surface area contributed by atoms with E-state index in [1.54, 1.807) is 0 Å². The highest BCUT2D eigenvalue weighted by Crippen LogP contribution is 2.08. The molecule has 0 bridgehead atoms. The summed E-state index contributed by atoms with van der Waals surface area (Å²) in [6, 6.07) is 0. The number of aliphatic hydroxyl groups excluding tert-OH is 2. The number of hydrogen-bond donors (Lipinski definition) is 2. The molecular formula is C11H18N4O5. The lowest BCUT2D eigenvalue weighted by molar-refractivity contribution is -0.396. The molecular weight excluding hydrogens is 268 g/mol. The van der Waals surface area contributed by atoms with Crippen molar-refractivity contribution in [3.05, 3.63) is 22.5 Å². The third-order valence-corrected chi connectivity index (χ3v) is 2.48. The first-order chi connectivity index (χ1) is 9.31. The fourth-order valence-corrected chi connectivity index (χ4v) is 1.76. The van der Waals surface area contributed by atoms with Crippen LogP contribution in [0, 0.1) is 10.1 Å². The van der Waals surface area contributed by atoms with Crippen LogP contribution in [0.4, 0.5) is 5.95 Å². The SMILES string of the molecule is CC(O)CN(CC(C)O)C(=O)Cn1ccnc1[N+](=O)[O-]. The number of nitro groups is 1. The molecule has 9 heteroatoms. The molecule has 0 aliphatic carbocycles. The normalized spacial score (nSPS) is 13.8. The molecule has 0 fully saturated rings. The maximum Gasteiger partial charge on any atom is 0.435 e. The smallest absolute Gasteiger partial charge is 0.392 e. The summed E-state index contributed by atoms with van der Waals surface area (Å²) < 4.78 is 1.11. The Hall–Kier alpha value is -2.00. The zero-order chi connectivity index (χ0) is 15.3. The van der Waals surface area contributed by atoms with E-state index in [2.05, 4.69) is 4.98 Å². The summed E-state index contributed by atoms with van der Waals surface area (Å²) in [4.78, 5) is 26.9. The van der Waals surface area contributed by atoms with Gasteiger partial charge in [0.1, 0.15) is 12.4 Å². The summed E-state index contributed by atoms with van der Waals surface area (Å²) in [5.41, 5.74) is 0. The predicted octanol–water partition coefficient (Wildman–Crippen LogP) is -0.618. The topological polar surface area (TPSA) is 122 Å². The van der Waals surface area contributed by atoms with Crippen molar-refractivity contribution < 1.29 is 19.9 Å². The van der Waals surface area contributed by atoms with Crippen molar-refractivity contribution in [1.82, 2.24) is 14.5 Å². The fourth-order valence-electron chi connectivity index (χ4n) is 1.76. The first-order valence-corrected chi connectivity index (χ1v) is 6.10. The average molecular weight is 286 g/mol. The Morgan fingerprint density at radius 2 is 2.00 bits per heavy atom. The lowest BCUT2D eigenvalue weighted by atomic mass is 10.3. The molecule has 0 saturated carbocycles. The van der Waals surface area contributed by atoms with E-state index in [-0.39, 0.29) is 19.6 Å². The molecule has 0 aromatic carbocycles. The highest BCUT2D eigenvalue weighted by atomic mass is 16.6. The van der Waals surface area contributed by atoms with Crippen molar-refractivity contribution in [2.24, 2.45) is 0 Å². The number of aromatic nitrogens is 2. The van der Waals surface area contributed by atoms with Crippen LogP contribution < -0.4 is 0 Å². The largest absolute Gasteiger partial charge is 0.435 e. The Labute approximate surface area is 115 Å². The van der Waals surface area contributed by atoms with Crippen LogP contribution in [0.15, 0.2) is 12.4 Å². The third-order valence-electron chi connectivity index (χ3n) is 2.48. The Balaban J connectivity index is 2.79. The molecule has 2 N–H and O–H groups in total. The van der Waals surface area contributed by atoms with Gasteiger partial charge in [0, 0.05) is 13.1 Å². The summed E-state index contributed by atoms with van der Waals surface area (Å²) in [5.74, 6) is -0.861. The summed E-state index contributed by atoms with van der Waals surface area (Å²) in [6.45, 7) is 2.86. The van der Waals surface area contributed by atoms with Gasteiger partial charge in [0.2, 0.25) is 0 Å². The van der Waals surface area contributed by atoms with E-state index >= 15 is 0 Å². The molecule has 1 heterocycles. The van der Waals surface area contributed by atoms with Crippen molar-refractivity contribution in [2.75, 3.05) is 13.1 Å². The van der Waals surface area contributed by atoms with Gasteiger partial charge in [-0.05, 0) is 18.8 Å².